The molecule has 0 atom stereocenters. The number of nitrogens with zero attached hydrogens (tertiary/aromatic N) is 1. The first kappa shape index (κ1) is 15.9. The SMILES string of the molecule is COC(=O)C(C)(C)N(CC(=O)c1ccccc1)C(C)=O. The van der Waals surface area contributed by atoms with E-state index < -0.39 is 11.5 Å². The van der Waals surface area contributed by atoms with Crippen LogP contribution in [0.3, 0.4) is 0 Å². The zero-order valence-corrected chi connectivity index (χ0v) is 12.2. The van der Waals surface area contributed by atoms with E-state index in [2.05, 4.69) is 4.74 Å². The summed E-state index contributed by atoms with van der Waals surface area (Å²) in [6.45, 7) is 4.27. The minimum Gasteiger partial charge on any atom is -0.467 e. The number of carbonyl (C=O) groups excluding carboxylic acids is 3. The van der Waals surface area contributed by atoms with Crippen molar-refractivity contribution in [2.75, 3.05) is 13.7 Å². The Morgan fingerprint density at radius 3 is 2.15 bits per heavy atom. The molecule has 0 N–H and O–H groups in total. The summed E-state index contributed by atoms with van der Waals surface area (Å²) >= 11 is 0. The Morgan fingerprint density at radius 1 is 1.15 bits per heavy atom. The fraction of sp³-hybridized carbons (Fsp3) is 0.400. The first-order valence-corrected chi connectivity index (χ1v) is 6.25. The molecule has 0 saturated carbocycles. The zero-order chi connectivity index (χ0) is 15.3. The van der Waals surface area contributed by atoms with Crippen molar-refractivity contribution in [2.24, 2.45) is 0 Å². The second kappa shape index (κ2) is 6.32. The third-order valence-electron chi connectivity index (χ3n) is 3.14. The maximum absolute atomic E-state index is 12.2. The molecule has 1 aromatic carbocycles. The Hall–Kier alpha value is -2.17. The molecule has 0 radical (unpaired) electrons. The van der Waals surface area contributed by atoms with Crippen LogP contribution in [-0.2, 0) is 14.3 Å². The van der Waals surface area contributed by atoms with E-state index in [0.717, 1.165) is 0 Å². The van der Waals surface area contributed by atoms with E-state index in [4.69, 9.17) is 0 Å². The van der Waals surface area contributed by atoms with Crippen molar-refractivity contribution in [2.45, 2.75) is 26.3 Å². The highest BCUT2D eigenvalue weighted by Gasteiger charge is 2.38. The molecule has 0 heterocycles. The van der Waals surface area contributed by atoms with E-state index in [1.807, 2.05) is 0 Å². The van der Waals surface area contributed by atoms with E-state index in [-0.39, 0.29) is 18.2 Å². The molecule has 1 rings (SSSR count). The predicted molar refractivity (Wildman–Crippen MR) is 74.3 cm³/mol. The Morgan fingerprint density at radius 2 is 1.70 bits per heavy atom. The van der Waals surface area contributed by atoms with Gasteiger partial charge in [0.1, 0.15) is 5.54 Å². The van der Waals surface area contributed by atoms with Crippen LogP contribution in [0.25, 0.3) is 0 Å². The van der Waals surface area contributed by atoms with Crippen LogP contribution in [0, 0.1) is 0 Å². The van der Waals surface area contributed by atoms with E-state index in [1.54, 1.807) is 44.2 Å². The average molecular weight is 277 g/mol. The van der Waals surface area contributed by atoms with Crippen LogP contribution < -0.4 is 0 Å². The van der Waals surface area contributed by atoms with Gasteiger partial charge in [-0.15, -0.1) is 0 Å². The highest BCUT2D eigenvalue weighted by molar-refractivity contribution is 6.00. The molecule has 1 aromatic rings. The van der Waals surface area contributed by atoms with Crippen molar-refractivity contribution in [1.82, 2.24) is 4.90 Å². The maximum atomic E-state index is 12.2. The molecule has 0 saturated heterocycles. The first-order chi connectivity index (χ1) is 9.30. The zero-order valence-electron chi connectivity index (χ0n) is 12.2. The molecule has 0 fully saturated rings. The lowest BCUT2D eigenvalue weighted by Crippen LogP contribution is -2.54. The number of amides is 1. The van der Waals surface area contributed by atoms with Gasteiger partial charge in [-0.2, -0.15) is 0 Å². The van der Waals surface area contributed by atoms with Gasteiger partial charge < -0.3 is 9.64 Å². The van der Waals surface area contributed by atoms with Gasteiger partial charge in [0.05, 0.1) is 13.7 Å². The molecule has 0 aliphatic heterocycles. The van der Waals surface area contributed by atoms with E-state index in [9.17, 15) is 14.4 Å². The van der Waals surface area contributed by atoms with E-state index >= 15 is 0 Å². The summed E-state index contributed by atoms with van der Waals surface area (Å²) in [6, 6.07) is 8.64. The smallest absolute Gasteiger partial charge is 0.331 e. The Bertz CT molecular complexity index is 508. The molecular weight excluding hydrogens is 258 g/mol. The molecule has 0 aliphatic rings. The number of benzene rings is 1. The highest BCUT2D eigenvalue weighted by atomic mass is 16.5. The van der Waals surface area contributed by atoms with Crippen LogP contribution in [0.1, 0.15) is 31.1 Å². The second-order valence-corrected chi connectivity index (χ2v) is 4.94. The lowest BCUT2D eigenvalue weighted by Gasteiger charge is -2.34. The van der Waals surface area contributed by atoms with Gasteiger partial charge in [-0.1, -0.05) is 30.3 Å². The van der Waals surface area contributed by atoms with Crippen LogP contribution in [-0.4, -0.2) is 41.8 Å². The molecule has 0 aliphatic carbocycles. The minimum atomic E-state index is -1.19. The molecule has 1 amide bonds. The fourth-order valence-corrected chi connectivity index (χ4v) is 1.92. The van der Waals surface area contributed by atoms with Crippen LogP contribution in [0.4, 0.5) is 0 Å². The van der Waals surface area contributed by atoms with Gasteiger partial charge in [0.25, 0.3) is 0 Å². The first-order valence-electron chi connectivity index (χ1n) is 6.25. The lowest BCUT2D eigenvalue weighted by molar-refractivity contribution is -0.158. The standard InChI is InChI=1S/C15H19NO4/c1-11(17)16(15(2,3)14(19)20-4)10-13(18)12-8-6-5-7-9-12/h5-9H,10H2,1-4H3. The summed E-state index contributed by atoms with van der Waals surface area (Å²) in [4.78, 5) is 36.9. The summed E-state index contributed by atoms with van der Waals surface area (Å²) in [6.07, 6.45) is 0. The van der Waals surface area contributed by atoms with E-state index in [0.29, 0.717) is 5.56 Å². The lowest BCUT2D eigenvalue weighted by atomic mass is 10.0. The van der Waals surface area contributed by atoms with Gasteiger partial charge >= 0.3 is 5.97 Å². The third kappa shape index (κ3) is 3.44. The predicted octanol–water partition coefficient (Wildman–Crippen LogP) is 1.67. The van der Waals surface area contributed by atoms with Crippen molar-refractivity contribution in [3.05, 3.63) is 35.9 Å². The van der Waals surface area contributed by atoms with E-state index in [1.165, 1.54) is 18.9 Å². The van der Waals surface area contributed by atoms with Crippen molar-refractivity contribution in [1.29, 1.82) is 0 Å². The van der Waals surface area contributed by atoms with Crippen LogP contribution >= 0.6 is 0 Å². The molecule has 20 heavy (non-hydrogen) atoms. The highest BCUT2D eigenvalue weighted by Crippen LogP contribution is 2.17. The fourth-order valence-electron chi connectivity index (χ4n) is 1.92. The average Bonchev–Trinajstić information content (AvgIpc) is 2.43. The van der Waals surface area contributed by atoms with Gasteiger partial charge in [-0.3, -0.25) is 9.59 Å². The monoisotopic (exact) mass is 277 g/mol. The molecule has 0 aromatic heterocycles. The summed E-state index contributed by atoms with van der Waals surface area (Å²) in [7, 11) is 1.25. The maximum Gasteiger partial charge on any atom is 0.331 e. The van der Waals surface area contributed by atoms with Crippen molar-refractivity contribution >= 4 is 17.7 Å². The Labute approximate surface area is 118 Å². The third-order valence-corrected chi connectivity index (χ3v) is 3.14. The summed E-state index contributed by atoms with van der Waals surface area (Å²) in [5.74, 6) is -1.14. The van der Waals surface area contributed by atoms with Crippen LogP contribution in [0.15, 0.2) is 30.3 Å². The summed E-state index contributed by atoms with van der Waals surface area (Å²) in [5, 5.41) is 0. The van der Waals surface area contributed by atoms with Crippen LogP contribution in [0.5, 0.6) is 0 Å². The number of esters is 1. The Kier molecular flexibility index (Phi) is 5.02. The summed E-state index contributed by atoms with van der Waals surface area (Å²) in [5.41, 5.74) is -0.690. The molecule has 0 unspecified atom stereocenters. The number of carbonyl (C=O) groups is 3. The van der Waals surface area contributed by atoms with Crippen LogP contribution in [0.2, 0.25) is 0 Å². The number of ether oxygens (including phenoxy) is 1. The van der Waals surface area contributed by atoms with Gasteiger partial charge in [0, 0.05) is 12.5 Å². The van der Waals surface area contributed by atoms with Crippen molar-refractivity contribution in [3.8, 4) is 0 Å². The molecule has 0 bridgehead atoms. The van der Waals surface area contributed by atoms with Gasteiger partial charge in [0.2, 0.25) is 5.91 Å². The topological polar surface area (TPSA) is 63.7 Å². The minimum absolute atomic E-state index is 0.165. The molecule has 5 heteroatoms. The number of hydrogen-bond acceptors (Lipinski definition) is 4. The van der Waals surface area contributed by atoms with Gasteiger partial charge in [-0.05, 0) is 13.8 Å². The molecule has 0 spiro atoms. The summed E-state index contributed by atoms with van der Waals surface area (Å²) < 4.78 is 4.69. The second-order valence-electron chi connectivity index (χ2n) is 4.94. The van der Waals surface area contributed by atoms with Crippen molar-refractivity contribution < 1.29 is 19.1 Å². The molecule has 5 nitrogen and oxygen atoms in total. The number of methoxy groups -OCH3 is 1. The largest absolute Gasteiger partial charge is 0.467 e. The molecule has 108 valence electrons. The Balaban J connectivity index is 2.97. The number of hydrogen-bond donors (Lipinski definition) is 0. The van der Waals surface area contributed by atoms with Gasteiger partial charge in [0.15, 0.2) is 5.78 Å². The normalized spacial score (nSPS) is 10.8. The van der Waals surface area contributed by atoms with Crippen molar-refractivity contribution in [3.63, 3.8) is 0 Å². The number of rotatable bonds is 5. The van der Waals surface area contributed by atoms with Gasteiger partial charge in [-0.25, -0.2) is 4.79 Å². The molecular formula is C15H19NO4. The number of ketones is 1. The quantitative estimate of drug-likeness (QED) is 0.606. The number of Topliss-reactive ketones (excluding diaryl/α,β-unsaturated/α-hetero) is 1.